The monoisotopic (exact) mass is 1420 g/mol. The van der Waals surface area contributed by atoms with E-state index in [9.17, 15) is 39.9 Å². The predicted molar refractivity (Wildman–Crippen MR) is 392 cm³/mol. The summed E-state index contributed by atoms with van der Waals surface area (Å²) < 4.78 is 122. The number of fused-ring (bicyclic) bond motifs is 12. The number of aryl methyl sites for hydroxylation is 4. The highest BCUT2D eigenvalue weighted by Crippen LogP contribution is 2.41. The number of aromatic nitrogens is 8. The molecule has 2 unspecified atom stereocenters. The van der Waals surface area contributed by atoms with Crippen LogP contribution in [0.15, 0.2) is 114 Å². The van der Waals surface area contributed by atoms with Gasteiger partial charge < -0.3 is 59.3 Å². The standard InChI is InChI=1S/C21H28FN3O.C20H26FN3O.C19H22F3N3O2.C17H18F3N3O/c1-6-15(7-2)23-12-13(3)25-19-10-16(26-5)8-9-17(19)18-11-20(22)24-14(4)21(18)25;1-5-14(6-2)22-11-12(3)24-18-9-15(25)7-8-16(18)17-10-19(21)23-13(4)20(17)24;1-13-2-3-14-15-4-5-23-18(19(20,21)22)17(15)25(16(14)12-13)7-6-24(8-10-26)9-11-27;1-11-2-3-12-13-4-5-22-16(17(18,19)20)15(13)23(14(12)10-11)8-6-21-7-9-24/h8-11,13,15,23H,6-7,12H2,1-5H3;7-10,12,14,22-23H,5-6,11H2,1-4H3;2-5,12,26-27H,6-11H2,1H3;2-5,10,21,24H,6-9H2,1H3. The molecule has 0 amide bonds. The Morgan fingerprint density at radius 1 is 0.539 bits per heavy atom. The second kappa shape index (κ2) is 34.2. The molecule has 0 bridgehead atoms. The SMILES string of the molecule is CCC(CC)NCC(C)n1c2cc(=O)ccc2c2cc(F)[nH]c(C)c21.CCC(CC)NCC(C)n1c2cc(OC)ccc2c2cc(F)nc(C)c21.Cc1ccc2c3ccnc(C(F)(F)F)c3n(CCN(CCO)CCO)c2c1.Cc1ccc2c3ccnc(C(F)(F)F)c3n(CCNCCO)c2c1. The van der Waals surface area contributed by atoms with Gasteiger partial charge in [-0.15, -0.1) is 0 Å². The lowest BCUT2D eigenvalue weighted by Gasteiger charge is -2.22. The summed E-state index contributed by atoms with van der Waals surface area (Å²) >= 11 is 0. The van der Waals surface area contributed by atoms with Crippen LogP contribution in [0, 0.1) is 39.6 Å². The van der Waals surface area contributed by atoms with Crippen molar-refractivity contribution in [3.8, 4) is 5.75 Å². The zero-order valence-corrected chi connectivity index (χ0v) is 59.8. The molecule has 102 heavy (non-hydrogen) atoms. The molecule has 0 spiro atoms. The fourth-order valence-corrected chi connectivity index (χ4v) is 13.9. The Balaban J connectivity index is 0.000000158. The lowest BCUT2D eigenvalue weighted by Crippen LogP contribution is -2.33. The van der Waals surface area contributed by atoms with Gasteiger partial charge in [0.25, 0.3) is 0 Å². The highest BCUT2D eigenvalue weighted by molar-refractivity contribution is 6.12. The van der Waals surface area contributed by atoms with Gasteiger partial charge in [-0.1, -0.05) is 52.0 Å². The summed E-state index contributed by atoms with van der Waals surface area (Å²) in [4.78, 5) is 27.8. The number of aliphatic hydroxyl groups excluding tert-OH is 3. The fraction of sp³-hybridized carbons (Fsp3) is 0.429. The van der Waals surface area contributed by atoms with Gasteiger partial charge in [-0.05, 0) is 127 Å². The van der Waals surface area contributed by atoms with Crippen molar-refractivity contribution < 1.29 is 55.2 Å². The number of benzene rings is 4. The van der Waals surface area contributed by atoms with E-state index in [-0.39, 0.29) is 60.9 Å². The van der Waals surface area contributed by atoms with E-state index >= 15 is 0 Å². The first kappa shape index (κ1) is 77.6. The van der Waals surface area contributed by atoms with Crippen LogP contribution in [0.2, 0.25) is 0 Å². The highest BCUT2D eigenvalue weighted by Gasteiger charge is 2.38. The van der Waals surface area contributed by atoms with E-state index in [4.69, 9.17) is 20.1 Å². The smallest absolute Gasteiger partial charge is 0.435 e. The third kappa shape index (κ3) is 17.2. The van der Waals surface area contributed by atoms with Crippen molar-refractivity contribution in [2.75, 3.05) is 72.7 Å². The van der Waals surface area contributed by atoms with Gasteiger partial charge in [0.05, 0.1) is 65.7 Å². The van der Waals surface area contributed by atoms with E-state index in [2.05, 4.69) is 86.6 Å². The van der Waals surface area contributed by atoms with E-state index in [0.29, 0.717) is 67.8 Å². The zero-order valence-electron chi connectivity index (χ0n) is 59.8. The molecular formula is C77H94F8N12O5. The predicted octanol–water partition coefficient (Wildman–Crippen LogP) is 15.2. The first-order valence-corrected chi connectivity index (χ1v) is 34.8. The van der Waals surface area contributed by atoms with Crippen molar-refractivity contribution in [1.82, 2.24) is 59.1 Å². The number of nitrogens with zero attached hydrogens (tertiary/aromatic N) is 8. The summed E-state index contributed by atoms with van der Waals surface area (Å²) in [5, 5.41) is 43.7. The van der Waals surface area contributed by atoms with Crippen LogP contribution in [0.25, 0.3) is 87.2 Å². The van der Waals surface area contributed by atoms with Crippen LogP contribution in [-0.2, 0) is 25.4 Å². The molecule has 0 aliphatic rings. The first-order chi connectivity index (χ1) is 48.7. The molecular weight excluding hydrogens is 1320 g/mol. The van der Waals surface area contributed by atoms with Crippen LogP contribution in [0.4, 0.5) is 35.1 Å². The molecule has 0 aliphatic heterocycles. The van der Waals surface area contributed by atoms with Gasteiger partial charge >= 0.3 is 12.4 Å². The maximum Gasteiger partial charge on any atom is 0.435 e. The number of H-pyrrole nitrogens is 1. The van der Waals surface area contributed by atoms with Crippen molar-refractivity contribution in [1.29, 1.82) is 0 Å². The number of pyridine rings is 4. The van der Waals surface area contributed by atoms with Crippen LogP contribution in [-0.4, -0.2) is 143 Å². The number of nitrogens with one attached hydrogen (secondary N) is 4. The molecule has 4 aromatic carbocycles. The summed E-state index contributed by atoms with van der Waals surface area (Å²) in [6.07, 6.45) is -2.29. The number of rotatable bonds is 25. The second-order valence-electron chi connectivity index (χ2n) is 26.0. The van der Waals surface area contributed by atoms with Gasteiger partial charge in [0.15, 0.2) is 22.8 Å². The number of aliphatic hydroxyl groups is 3. The molecule has 2 atom stereocenters. The minimum Gasteiger partial charge on any atom is -0.497 e. The van der Waals surface area contributed by atoms with Crippen molar-refractivity contribution in [2.45, 2.75) is 145 Å². The van der Waals surface area contributed by atoms with Crippen molar-refractivity contribution in [3.63, 3.8) is 0 Å². The number of hydrogen-bond donors (Lipinski definition) is 7. The maximum absolute atomic E-state index is 14.0. The molecule has 0 radical (unpaired) electrons. The third-order valence-electron chi connectivity index (χ3n) is 19.0. The van der Waals surface area contributed by atoms with E-state index < -0.39 is 29.7 Å². The highest BCUT2D eigenvalue weighted by atomic mass is 19.4. The Bertz CT molecular complexity index is 4890. The van der Waals surface area contributed by atoms with E-state index in [1.807, 2.05) is 87.2 Å². The number of ether oxygens (including phenoxy) is 1. The summed E-state index contributed by atoms with van der Waals surface area (Å²) in [6.45, 7) is 24.7. The second-order valence-corrected chi connectivity index (χ2v) is 26.0. The van der Waals surface area contributed by atoms with Crippen LogP contribution >= 0.6 is 0 Å². The average molecular weight is 1420 g/mol. The quantitative estimate of drug-likeness (QED) is 0.0162. The normalized spacial score (nSPS) is 12.8. The summed E-state index contributed by atoms with van der Waals surface area (Å²) in [5.74, 6) is -0.00136. The van der Waals surface area contributed by atoms with E-state index in [0.717, 1.165) is 127 Å². The number of halogens is 8. The molecule has 548 valence electrons. The Kier molecular flexibility index (Phi) is 26.0. The van der Waals surface area contributed by atoms with Crippen LogP contribution in [0.3, 0.4) is 0 Å². The zero-order chi connectivity index (χ0) is 73.9. The van der Waals surface area contributed by atoms with Gasteiger partial charge in [0.2, 0.25) is 5.95 Å². The third-order valence-corrected chi connectivity index (χ3v) is 19.0. The van der Waals surface area contributed by atoms with Gasteiger partial charge in [-0.2, -0.15) is 35.1 Å². The number of aromatic amines is 1. The van der Waals surface area contributed by atoms with Gasteiger partial charge in [-0.3, -0.25) is 9.69 Å². The molecule has 12 rings (SSSR count). The summed E-state index contributed by atoms with van der Waals surface area (Å²) in [7, 11) is 1.67. The topological polar surface area (TPSA) is 200 Å². The number of alkyl halides is 6. The minimum atomic E-state index is -4.56. The van der Waals surface area contributed by atoms with E-state index in [1.54, 1.807) is 46.6 Å². The minimum absolute atomic E-state index is 0.0123. The molecule has 7 N–H and O–H groups in total. The molecule has 12 aromatic rings. The Labute approximate surface area is 587 Å². The molecule has 0 fully saturated rings. The first-order valence-electron chi connectivity index (χ1n) is 34.8. The molecule has 8 heterocycles. The summed E-state index contributed by atoms with van der Waals surface area (Å²) in [5.41, 5.74) is 7.15. The van der Waals surface area contributed by atoms with Crippen molar-refractivity contribution in [3.05, 3.63) is 165 Å². The molecule has 25 heteroatoms. The lowest BCUT2D eigenvalue weighted by molar-refractivity contribution is -0.140. The Morgan fingerprint density at radius 3 is 1.52 bits per heavy atom. The maximum atomic E-state index is 14.0. The van der Waals surface area contributed by atoms with Crippen LogP contribution in [0.5, 0.6) is 5.75 Å². The fourth-order valence-electron chi connectivity index (χ4n) is 13.9. The van der Waals surface area contributed by atoms with Gasteiger partial charge in [0, 0.05) is 180 Å². The van der Waals surface area contributed by atoms with Gasteiger partial charge in [0.1, 0.15) is 5.75 Å². The Morgan fingerprint density at radius 2 is 1.02 bits per heavy atom. The molecule has 0 aliphatic carbocycles. The average Bonchev–Trinajstić information content (AvgIpc) is 1.62. The number of hydrogen-bond acceptors (Lipinski definition) is 12. The van der Waals surface area contributed by atoms with E-state index in [1.165, 1.54) is 24.5 Å². The van der Waals surface area contributed by atoms with Gasteiger partial charge in [-0.25, -0.2) is 15.0 Å². The summed E-state index contributed by atoms with van der Waals surface area (Å²) in [6, 6.07) is 29.8. The van der Waals surface area contributed by atoms with Crippen molar-refractivity contribution >= 4 is 87.2 Å². The molecule has 17 nitrogen and oxygen atoms in total. The molecule has 0 saturated heterocycles. The number of methoxy groups -OCH3 is 1. The molecule has 0 saturated carbocycles. The molecule has 8 aromatic heterocycles. The lowest BCUT2D eigenvalue weighted by atomic mass is 10.1. The van der Waals surface area contributed by atoms with Crippen LogP contribution in [0.1, 0.15) is 113 Å². The Hall–Kier alpha value is -8.56. The largest absolute Gasteiger partial charge is 0.497 e. The van der Waals surface area contributed by atoms with Crippen molar-refractivity contribution in [2.24, 2.45) is 0 Å². The van der Waals surface area contributed by atoms with Crippen LogP contribution < -0.4 is 26.1 Å².